The van der Waals surface area contributed by atoms with E-state index in [1.807, 2.05) is 43.3 Å². The molecule has 1 aromatic carbocycles. The Kier molecular flexibility index (Phi) is 6.37. The summed E-state index contributed by atoms with van der Waals surface area (Å²) in [6.45, 7) is 7.26. The standard InChI is InChI=1S/C25H28N4O2S/c1-17-8-4-5-9-19(17)23-18(2)12-13-20(26-23)28-32-22-11-6-10-21(27-22)29-15-7-14-25(3,16-29)24(30)31/h4-6,8-13H,7,14-16H2,1-3H3,(H,26,28)(H,30,31). The van der Waals surface area contributed by atoms with E-state index >= 15 is 0 Å². The molecule has 0 spiro atoms. The van der Waals surface area contributed by atoms with Crippen LogP contribution in [0.2, 0.25) is 0 Å². The van der Waals surface area contributed by atoms with Gasteiger partial charge in [0.05, 0.1) is 11.1 Å². The van der Waals surface area contributed by atoms with Crippen LogP contribution in [0, 0.1) is 19.3 Å². The molecule has 166 valence electrons. The molecule has 0 radical (unpaired) electrons. The lowest BCUT2D eigenvalue weighted by atomic mass is 9.82. The van der Waals surface area contributed by atoms with Gasteiger partial charge in [-0.25, -0.2) is 9.97 Å². The smallest absolute Gasteiger partial charge is 0.311 e. The Morgan fingerprint density at radius 3 is 2.66 bits per heavy atom. The van der Waals surface area contributed by atoms with E-state index in [0.717, 1.165) is 46.4 Å². The molecule has 6 nitrogen and oxygen atoms in total. The van der Waals surface area contributed by atoms with E-state index in [0.29, 0.717) is 13.0 Å². The summed E-state index contributed by atoms with van der Waals surface area (Å²) < 4.78 is 3.31. The molecule has 1 aliphatic heterocycles. The number of hydrogen-bond acceptors (Lipinski definition) is 6. The third kappa shape index (κ3) is 4.72. The van der Waals surface area contributed by atoms with Crippen LogP contribution < -0.4 is 9.62 Å². The number of benzene rings is 1. The molecule has 4 rings (SSSR count). The third-order valence-electron chi connectivity index (χ3n) is 6.00. The highest BCUT2D eigenvalue weighted by molar-refractivity contribution is 8.00. The van der Waals surface area contributed by atoms with E-state index in [-0.39, 0.29) is 0 Å². The lowest BCUT2D eigenvalue weighted by Gasteiger charge is -2.38. The predicted molar refractivity (Wildman–Crippen MR) is 130 cm³/mol. The van der Waals surface area contributed by atoms with Crippen molar-refractivity contribution in [1.29, 1.82) is 0 Å². The number of hydrogen-bond donors (Lipinski definition) is 2. The topological polar surface area (TPSA) is 78.4 Å². The molecule has 1 saturated heterocycles. The summed E-state index contributed by atoms with van der Waals surface area (Å²) in [6.07, 6.45) is 1.53. The van der Waals surface area contributed by atoms with Gasteiger partial charge in [-0.1, -0.05) is 36.4 Å². The zero-order valence-corrected chi connectivity index (χ0v) is 19.4. The molecule has 1 aliphatic rings. The number of carboxylic acids is 1. The van der Waals surface area contributed by atoms with Crippen LogP contribution in [0.5, 0.6) is 0 Å². The van der Waals surface area contributed by atoms with Crippen LogP contribution in [0.15, 0.2) is 59.6 Å². The van der Waals surface area contributed by atoms with E-state index in [2.05, 4.69) is 41.7 Å². The number of carbonyl (C=O) groups is 1. The Labute approximate surface area is 193 Å². The SMILES string of the molecule is Cc1ccccc1-c1nc(NSc2cccc(N3CCCC(C)(C(=O)O)C3)n2)ccc1C. The lowest BCUT2D eigenvalue weighted by molar-refractivity contribution is -0.148. The number of aryl methyl sites for hydroxylation is 2. The first-order valence-electron chi connectivity index (χ1n) is 10.8. The fraction of sp³-hybridized carbons (Fsp3) is 0.320. The van der Waals surface area contributed by atoms with Crippen LogP contribution in [-0.2, 0) is 4.79 Å². The highest BCUT2D eigenvalue weighted by Gasteiger charge is 2.38. The van der Waals surface area contributed by atoms with Crippen LogP contribution in [0.1, 0.15) is 30.9 Å². The number of aliphatic carboxylic acids is 1. The Balaban J connectivity index is 1.49. The van der Waals surface area contributed by atoms with E-state index in [1.54, 1.807) is 0 Å². The predicted octanol–water partition coefficient (Wildman–Crippen LogP) is 5.57. The normalized spacial score (nSPS) is 18.4. The van der Waals surface area contributed by atoms with Gasteiger partial charge in [0.15, 0.2) is 0 Å². The molecule has 2 N–H and O–H groups in total. The van der Waals surface area contributed by atoms with Crippen molar-refractivity contribution in [2.24, 2.45) is 5.41 Å². The summed E-state index contributed by atoms with van der Waals surface area (Å²) in [5.74, 6) is 0.827. The second-order valence-corrected chi connectivity index (χ2v) is 9.43. The van der Waals surface area contributed by atoms with Crippen molar-refractivity contribution in [2.45, 2.75) is 38.6 Å². The number of aromatic nitrogens is 2. The number of rotatable bonds is 6. The van der Waals surface area contributed by atoms with E-state index < -0.39 is 11.4 Å². The largest absolute Gasteiger partial charge is 0.481 e. The molecular formula is C25H28N4O2S. The fourth-order valence-electron chi connectivity index (χ4n) is 4.05. The van der Waals surface area contributed by atoms with Gasteiger partial charge in [0, 0.05) is 30.6 Å². The van der Waals surface area contributed by atoms with Gasteiger partial charge < -0.3 is 14.7 Å². The minimum atomic E-state index is -0.746. The first-order chi connectivity index (χ1) is 15.4. The molecule has 3 heterocycles. The van der Waals surface area contributed by atoms with Gasteiger partial charge in [-0.2, -0.15) is 0 Å². The summed E-state index contributed by atoms with van der Waals surface area (Å²) in [6, 6.07) is 18.1. The zero-order valence-electron chi connectivity index (χ0n) is 18.6. The molecule has 3 aromatic rings. The van der Waals surface area contributed by atoms with Crippen molar-refractivity contribution in [2.75, 3.05) is 22.7 Å². The summed E-state index contributed by atoms with van der Waals surface area (Å²) in [7, 11) is 0. The molecule has 0 saturated carbocycles. The van der Waals surface area contributed by atoms with Crippen LogP contribution in [0.4, 0.5) is 11.6 Å². The Morgan fingerprint density at radius 2 is 1.88 bits per heavy atom. The van der Waals surface area contributed by atoms with Crippen molar-refractivity contribution in [3.63, 3.8) is 0 Å². The minimum absolute atomic E-state index is 0.468. The molecule has 1 unspecified atom stereocenters. The number of nitrogens with zero attached hydrogens (tertiary/aromatic N) is 3. The minimum Gasteiger partial charge on any atom is -0.481 e. The first kappa shape index (κ1) is 22.1. The third-order valence-corrected chi connectivity index (χ3v) is 6.75. The molecule has 0 bridgehead atoms. The Hall–Kier alpha value is -3.06. The molecule has 32 heavy (non-hydrogen) atoms. The van der Waals surface area contributed by atoms with Crippen molar-refractivity contribution in [3.05, 3.63) is 65.7 Å². The molecule has 2 aromatic heterocycles. The molecule has 1 atom stereocenters. The number of anilines is 2. The van der Waals surface area contributed by atoms with E-state index in [1.165, 1.54) is 17.5 Å². The van der Waals surface area contributed by atoms with Crippen LogP contribution >= 0.6 is 11.9 Å². The van der Waals surface area contributed by atoms with Gasteiger partial charge >= 0.3 is 5.97 Å². The van der Waals surface area contributed by atoms with Gasteiger partial charge in [-0.15, -0.1) is 0 Å². The second-order valence-electron chi connectivity index (χ2n) is 8.61. The number of nitrogens with one attached hydrogen (secondary N) is 1. The van der Waals surface area contributed by atoms with Crippen molar-refractivity contribution >= 4 is 29.6 Å². The quantitative estimate of drug-likeness (QED) is 0.477. The Morgan fingerprint density at radius 1 is 1.06 bits per heavy atom. The molecule has 0 aliphatic carbocycles. The first-order valence-corrected chi connectivity index (χ1v) is 11.6. The number of piperidine rings is 1. The maximum atomic E-state index is 11.7. The van der Waals surface area contributed by atoms with Gasteiger partial charge in [-0.3, -0.25) is 4.79 Å². The average molecular weight is 449 g/mol. The van der Waals surface area contributed by atoms with Crippen molar-refractivity contribution < 1.29 is 9.90 Å². The van der Waals surface area contributed by atoms with Gasteiger partial charge in [0.2, 0.25) is 0 Å². The van der Waals surface area contributed by atoms with Gasteiger partial charge in [0.1, 0.15) is 16.7 Å². The summed E-state index contributed by atoms with van der Waals surface area (Å²) in [4.78, 5) is 23.3. The molecule has 7 heteroatoms. The summed E-state index contributed by atoms with van der Waals surface area (Å²) >= 11 is 1.41. The average Bonchev–Trinajstić information content (AvgIpc) is 2.79. The van der Waals surface area contributed by atoms with Gasteiger partial charge in [-0.05, 0) is 62.9 Å². The van der Waals surface area contributed by atoms with Crippen molar-refractivity contribution in [3.8, 4) is 11.3 Å². The maximum Gasteiger partial charge on any atom is 0.311 e. The van der Waals surface area contributed by atoms with Gasteiger partial charge in [0.25, 0.3) is 0 Å². The maximum absolute atomic E-state index is 11.7. The summed E-state index contributed by atoms with van der Waals surface area (Å²) in [5, 5.41) is 10.4. The van der Waals surface area contributed by atoms with E-state index in [4.69, 9.17) is 9.97 Å². The highest BCUT2D eigenvalue weighted by Crippen LogP contribution is 2.33. The highest BCUT2D eigenvalue weighted by atomic mass is 32.2. The van der Waals surface area contributed by atoms with E-state index in [9.17, 15) is 9.90 Å². The van der Waals surface area contributed by atoms with Crippen LogP contribution in [0.25, 0.3) is 11.3 Å². The fourth-order valence-corrected chi connectivity index (χ4v) is 4.66. The zero-order chi connectivity index (χ0) is 22.7. The summed E-state index contributed by atoms with van der Waals surface area (Å²) in [5.41, 5.74) is 3.68. The number of carboxylic acid groups (broad SMARTS) is 1. The lowest BCUT2D eigenvalue weighted by Crippen LogP contribution is -2.46. The second kappa shape index (κ2) is 9.20. The molecule has 1 fully saturated rings. The molecular weight excluding hydrogens is 420 g/mol. The van der Waals surface area contributed by atoms with Crippen molar-refractivity contribution in [1.82, 2.24) is 9.97 Å². The van der Waals surface area contributed by atoms with Crippen LogP contribution in [-0.4, -0.2) is 34.1 Å². The monoisotopic (exact) mass is 448 g/mol. The molecule has 0 amide bonds. The van der Waals surface area contributed by atoms with Crippen LogP contribution in [0.3, 0.4) is 0 Å². The number of pyridine rings is 2. The Bertz CT molecular complexity index is 1140.